The first-order chi connectivity index (χ1) is 5.66. The van der Waals surface area contributed by atoms with Crippen LogP contribution in [-0.2, 0) is 12.8 Å². The topological polar surface area (TPSA) is 26.0 Å². The van der Waals surface area contributed by atoms with Crippen LogP contribution in [0.15, 0.2) is 12.1 Å². The molecule has 0 fully saturated rings. The average molecular weight is 186 g/mol. The first-order valence-corrected chi connectivity index (χ1v) is 4.27. The fourth-order valence-corrected chi connectivity index (χ4v) is 1.83. The minimum Gasteiger partial charge on any atom is -0.327 e. The van der Waals surface area contributed by atoms with Crippen LogP contribution in [0.1, 0.15) is 11.1 Å². The lowest BCUT2D eigenvalue weighted by Crippen LogP contribution is -2.18. The highest BCUT2D eigenvalue weighted by Gasteiger charge is 2.19. The summed E-state index contributed by atoms with van der Waals surface area (Å²) in [5.74, 6) is -0.343. The Morgan fingerprint density at radius 3 is 2.58 bits per heavy atom. The lowest BCUT2D eigenvalue weighted by atomic mass is 10.1. The smallest absolute Gasteiger partial charge is 0.142 e. The average Bonchev–Trinajstić information content (AvgIpc) is 2.30. The Morgan fingerprint density at radius 1 is 1.33 bits per heavy atom. The zero-order valence-electron chi connectivity index (χ0n) is 6.48. The van der Waals surface area contributed by atoms with Crippen molar-refractivity contribution in [1.82, 2.24) is 0 Å². The van der Waals surface area contributed by atoms with Gasteiger partial charge in [-0.05, 0) is 36.1 Å². The van der Waals surface area contributed by atoms with Crippen molar-refractivity contribution in [2.75, 3.05) is 0 Å². The molecule has 0 saturated heterocycles. The molecule has 0 spiro atoms. The summed E-state index contributed by atoms with van der Waals surface area (Å²) in [5.41, 5.74) is 7.82. The van der Waals surface area contributed by atoms with Crippen LogP contribution in [-0.4, -0.2) is 6.04 Å². The van der Waals surface area contributed by atoms with Gasteiger partial charge in [-0.15, -0.1) is 0 Å². The highest BCUT2D eigenvalue weighted by Crippen LogP contribution is 2.26. The summed E-state index contributed by atoms with van der Waals surface area (Å²) in [6.07, 6.45) is 1.58. The van der Waals surface area contributed by atoms with E-state index in [9.17, 15) is 4.39 Å². The summed E-state index contributed by atoms with van der Waals surface area (Å²) in [6, 6.07) is 3.31. The van der Waals surface area contributed by atoms with E-state index in [-0.39, 0.29) is 16.9 Å². The minimum absolute atomic E-state index is 0.137. The number of hydrogen-bond donors (Lipinski definition) is 1. The Hall–Kier alpha value is -0.600. The van der Waals surface area contributed by atoms with Gasteiger partial charge in [0.05, 0.1) is 5.02 Å². The molecule has 0 bridgehead atoms. The van der Waals surface area contributed by atoms with E-state index in [1.807, 2.05) is 0 Å². The van der Waals surface area contributed by atoms with Crippen molar-refractivity contribution in [2.45, 2.75) is 18.9 Å². The van der Waals surface area contributed by atoms with Gasteiger partial charge in [-0.2, -0.15) is 0 Å². The van der Waals surface area contributed by atoms with Crippen molar-refractivity contribution >= 4 is 11.6 Å². The second kappa shape index (κ2) is 2.71. The first kappa shape index (κ1) is 8.02. The van der Waals surface area contributed by atoms with Crippen LogP contribution in [0.5, 0.6) is 0 Å². The molecule has 1 aliphatic rings. The Balaban J connectivity index is 2.48. The summed E-state index contributed by atoms with van der Waals surface area (Å²) in [7, 11) is 0. The summed E-state index contributed by atoms with van der Waals surface area (Å²) in [4.78, 5) is 0. The maximum absolute atomic E-state index is 12.9. The standard InChI is InChI=1S/C9H9ClFN/c10-8-3-5-1-7(12)2-6(5)4-9(8)11/h3-4,7H,1-2,12H2/t7-/m0/s1. The van der Waals surface area contributed by atoms with Crippen molar-refractivity contribution < 1.29 is 4.39 Å². The Morgan fingerprint density at radius 2 is 1.92 bits per heavy atom. The van der Waals surface area contributed by atoms with Crippen molar-refractivity contribution in [3.8, 4) is 0 Å². The molecule has 0 saturated carbocycles. The minimum atomic E-state index is -0.343. The third-order valence-electron chi connectivity index (χ3n) is 2.21. The second-order valence-corrected chi connectivity index (χ2v) is 3.61. The molecule has 12 heavy (non-hydrogen) atoms. The van der Waals surface area contributed by atoms with Gasteiger partial charge >= 0.3 is 0 Å². The molecule has 1 nitrogen and oxygen atoms in total. The quantitative estimate of drug-likeness (QED) is 0.657. The van der Waals surface area contributed by atoms with E-state index in [4.69, 9.17) is 17.3 Å². The number of halogens is 2. The zero-order chi connectivity index (χ0) is 8.72. The van der Waals surface area contributed by atoms with Crippen LogP contribution in [0.3, 0.4) is 0 Å². The van der Waals surface area contributed by atoms with Gasteiger partial charge in [-0.3, -0.25) is 0 Å². The maximum Gasteiger partial charge on any atom is 0.142 e. The molecule has 0 aliphatic heterocycles. The van der Waals surface area contributed by atoms with E-state index >= 15 is 0 Å². The molecule has 0 unspecified atom stereocenters. The lowest BCUT2D eigenvalue weighted by molar-refractivity contribution is 0.626. The van der Waals surface area contributed by atoms with Crippen molar-refractivity contribution in [1.29, 1.82) is 0 Å². The molecule has 1 atom stereocenters. The van der Waals surface area contributed by atoms with Gasteiger partial charge in [0, 0.05) is 6.04 Å². The Bertz CT molecular complexity index is 294. The van der Waals surface area contributed by atoms with Crippen LogP contribution >= 0.6 is 11.6 Å². The fraction of sp³-hybridized carbons (Fsp3) is 0.333. The van der Waals surface area contributed by atoms with Crippen LogP contribution in [0.25, 0.3) is 0 Å². The first-order valence-electron chi connectivity index (χ1n) is 3.89. The number of fused-ring (bicyclic) bond motifs is 1. The summed E-state index contributed by atoms with van der Waals surface area (Å²) in [6.45, 7) is 0. The van der Waals surface area contributed by atoms with Gasteiger partial charge in [-0.1, -0.05) is 11.6 Å². The predicted molar refractivity (Wildman–Crippen MR) is 46.8 cm³/mol. The molecular formula is C9H9ClFN. The van der Waals surface area contributed by atoms with Gasteiger partial charge in [0.2, 0.25) is 0 Å². The van der Waals surface area contributed by atoms with Gasteiger partial charge in [0.15, 0.2) is 0 Å². The Kier molecular flexibility index (Phi) is 1.81. The highest BCUT2D eigenvalue weighted by atomic mass is 35.5. The largest absolute Gasteiger partial charge is 0.327 e. The molecule has 0 heterocycles. The SMILES string of the molecule is N[C@@H]1Cc2cc(F)c(Cl)cc2C1. The van der Waals surface area contributed by atoms with E-state index in [2.05, 4.69) is 0 Å². The normalized spacial score (nSPS) is 21.1. The molecule has 1 aromatic carbocycles. The molecule has 1 aromatic rings. The van der Waals surface area contributed by atoms with Crippen molar-refractivity contribution in [3.05, 3.63) is 34.1 Å². The molecule has 64 valence electrons. The van der Waals surface area contributed by atoms with E-state index < -0.39 is 0 Å². The van der Waals surface area contributed by atoms with E-state index in [1.54, 1.807) is 6.07 Å². The molecule has 1 aliphatic carbocycles. The van der Waals surface area contributed by atoms with Crippen LogP contribution < -0.4 is 5.73 Å². The molecule has 2 rings (SSSR count). The second-order valence-electron chi connectivity index (χ2n) is 3.20. The van der Waals surface area contributed by atoms with E-state index in [0.29, 0.717) is 0 Å². The number of benzene rings is 1. The molecule has 0 radical (unpaired) electrons. The zero-order valence-corrected chi connectivity index (χ0v) is 7.24. The van der Waals surface area contributed by atoms with Crippen molar-refractivity contribution in [3.63, 3.8) is 0 Å². The molecule has 3 heteroatoms. The molecular weight excluding hydrogens is 177 g/mol. The molecule has 0 aromatic heterocycles. The highest BCUT2D eigenvalue weighted by molar-refractivity contribution is 6.30. The Labute approximate surface area is 75.3 Å². The third kappa shape index (κ3) is 1.21. The summed E-state index contributed by atoms with van der Waals surface area (Å²) < 4.78 is 12.9. The van der Waals surface area contributed by atoms with E-state index in [1.165, 1.54) is 6.07 Å². The number of hydrogen-bond acceptors (Lipinski definition) is 1. The van der Waals surface area contributed by atoms with Gasteiger partial charge in [0.25, 0.3) is 0 Å². The monoisotopic (exact) mass is 185 g/mol. The van der Waals surface area contributed by atoms with Crippen LogP contribution in [0.2, 0.25) is 5.02 Å². The summed E-state index contributed by atoms with van der Waals surface area (Å²) in [5, 5.41) is 0.197. The van der Waals surface area contributed by atoms with Crippen LogP contribution in [0, 0.1) is 5.82 Å². The third-order valence-corrected chi connectivity index (χ3v) is 2.50. The fourth-order valence-electron chi connectivity index (χ4n) is 1.65. The van der Waals surface area contributed by atoms with E-state index in [0.717, 1.165) is 24.0 Å². The molecule has 0 amide bonds. The van der Waals surface area contributed by atoms with Gasteiger partial charge < -0.3 is 5.73 Å². The van der Waals surface area contributed by atoms with Gasteiger partial charge in [-0.25, -0.2) is 4.39 Å². The predicted octanol–water partition coefficient (Wildman–Crippen LogP) is 1.91. The van der Waals surface area contributed by atoms with Crippen LogP contribution in [0.4, 0.5) is 4.39 Å². The van der Waals surface area contributed by atoms with Gasteiger partial charge in [0.1, 0.15) is 5.82 Å². The number of nitrogens with two attached hydrogens (primary N) is 1. The lowest BCUT2D eigenvalue weighted by Gasteiger charge is -1.99. The van der Waals surface area contributed by atoms with Crippen molar-refractivity contribution in [2.24, 2.45) is 5.73 Å². The maximum atomic E-state index is 12.9. The molecule has 2 N–H and O–H groups in total. The summed E-state index contributed by atoms with van der Waals surface area (Å²) >= 11 is 5.62. The number of rotatable bonds is 0.